The number of nitrogens with zero attached hydrogens (tertiary/aromatic N) is 2. The zero-order valence-electron chi connectivity index (χ0n) is 27.0. The van der Waals surface area contributed by atoms with Crippen LogP contribution in [0.4, 0.5) is 5.69 Å². The molecule has 0 amide bonds. The van der Waals surface area contributed by atoms with E-state index in [4.69, 9.17) is 9.15 Å². The third-order valence-electron chi connectivity index (χ3n) is 8.31. The summed E-state index contributed by atoms with van der Waals surface area (Å²) in [6.45, 7) is 5.25. The van der Waals surface area contributed by atoms with Gasteiger partial charge in [0.05, 0.1) is 11.8 Å². The molecule has 0 saturated heterocycles. The molecule has 0 radical (unpaired) electrons. The van der Waals surface area contributed by atoms with E-state index in [0.29, 0.717) is 34.5 Å². The number of fused-ring (bicyclic) bond motifs is 8. The molecule has 250 valence electrons. The van der Waals surface area contributed by atoms with E-state index < -0.39 is 31.1 Å². The second-order valence-electron chi connectivity index (χ2n) is 11.4. The predicted octanol–water partition coefficient (Wildman–Crippen LogP) is 4.82. The average Bonchev–Trinajstić information content (AvgIpc) is 3.80. The van der Waals surface area contributed by atoms with Crippen LogP contribution < -0.4 is 43.8 Å². The third-order valence-corrected chi connectivity index (χ3v) is 11.9. The maximum atomic E-state index is 12.6. The van der Waals surface area contributed by atoms with Gasteiger partial charge in [-0.15, -0.1) is 27.2 Å². The summed E-state index contributed by atoms with van der Waals surface area (Å²) in [4.78, 5) is 1.15. The summed E-state index contributed by atoms with van der Waals surface area (Å²) in [5.74, 6) is -0.543. The van der Waals surface area contributed by atoms with Crippen molar-refractivity contribution in [3.63, 3.8) is 0 Å². The number of benzene rings is 4. The molecular formula is C36H23N2NaO8S4. The van der Waals surface area contributed by atoms with Gasteiger partial charge < -0.3 is 18.3 Å². The van der Waals surface area contributed by atoms with Gasteiger partial charge >= 0.3 is 35.4 Å². The van der Waals surface area contributed by atoms with Crippen LogP contribution in [0.1, 0.15) is 19.2 Å². The van der Waals surface area contributed by atoms with Crippen molar-refractivity contribution in [1.82, 2.24) is 0 Å². The molecule has 0 bridgehead atoms. The first-order valence-corrected chi connectivity index (χ1v) is 19.7. The molecule has 1 aliphatic heterocycles. The molecule has 10 nitrogen and oxygen atoms in total. The number of anilines is 1. The first-order chi connectivity index (χ1) is 23.9. The summed E-state index contributed by atoms with van der Waals surface area (Å²) in [5, 5.41) is 3.05. The molecular weight excluding hydrogens is 740 g/mol. The number of aromatic nitrogens is 1. The fraction of sp³-hybridized carbons (Fsp3) is 0.0833. The Hall–Kier alpha value is -4.01. The van der Waals surface area contributed by atoms with Crippen molar-refractivity contribution < 1.29 is 69.2 Å². The summed E-state index contributed by atoms with van der Waals surface area (Å²) in [6, 6.07) is 22.8. The van der Waals surface area contributed by atoms with Crippen LogP contribution in [0.2, 0.25) is 0 Å². The minimum Gasteiger partial charge on any atom is -0.743 e. The molecule has 8 rings (SSSR count). The topological polar surface area (TPSA) is 144 Å². The van der Waals surface area contributed by atoms with Crippen molar-refractivity contribution in [3.8, 4) is 5.75 Å². The molecule has 0 unspecified atom stereocenters. The van der Waals surface area contributed by atoms with E-state index in [0.717, 1.165) is 45.2 Å². The molecule has 4 aromatic carbocycles. The van der Waals surface area contributed by atoms with Crippen molar-refractivity contribution in [1.29, 1.82) is 0 Å². The van der Waals surface area contributed by atoms with Gasteiger partial charge in [-0.3, -0.25) is 4.90 Å². The van der Waals surface area contributed by atoms with Crippen LogP contribution in [0.5, 0.6) is 5.75 Å². The molecule has 3 aromatic heterocycles. The summed E-state index contributed by atoms with van der Waals surface area (Å²) < 4.78 is 91.6. The molecule has 1 aliphatic rings. The van der Waals surface area contributed by atoms with Gasteiger partial charge in [-0.05, 0) is 54.6 Å². The smallest absolute Gasteiger partial charge is 0.743 e. The van der Waals surface area contributed by atoms with E-state index in [1.807, 2.05) is 61.5 Å². The minimum atomic E-state index is -5.12. The van der Waals surface area contributed by atoms with Crippen LogP contribution in [-0.4, -0.2) is 25.9 Å². The van der Waals surface area contributed by atoms with Gasteiger partial charge in [-0.25, -0.2) is 16.8 Å². The van der Waals surface area contributed by atoms with E-state index in [1.54, 1.807) is 24.3 Å². The van der Waals surface area contributed by atoms with E-state index in [2.05, 4.69) is 18.0 Å². The van der Waals surface area contributed by atoms with Gasteiger partial charge in [0.1, 0.15) is 10.1 Å². The van der Waals surface area contributed by atoms with Crippen LogP contribution in [0.15, 0.2) is 118 Å². The SMILES string of the molecule is C=C=C=C(N1C(=CC(=Cc2oc3cc4c(cc3[n+]2CS(=O)(=O)[O-])sc2ccccc24)CC)Oc2cc3c(cc21)sc1ccccc13)S(=O)(=O)[O-].[Na+]. The van der Waals surface area contributed by atoms with Crippen molar-refractivity contribution in [2.24, 2.45) is 0 Å². The molecule has 0 saturated carbocycles. The van der Waals surface area contributed by atoms with Crippen molar-refractivity contribution in [2.75, 3.05) is 4.90 Å². The second kappa shape index (κ2) is 13.2. The van der Waals surface area contributed by atoms with Crippen LogP contribution in [0, 0.1) is 0 Å². The van der Waals surface area contributed by atoms with Gasteiger partial charge in [0.15, 0.2) is 20.9 Å². The van der Waals surface area contributed by atoms with Gasteiger partial charge in [0.2, 0.25) is 17.3 Å². The molecule has 0 spiro atoms. The molecule has 0 atom stereocenters. The number of rotatable bonds is 7. The first-order valence-electron chi connectivity index (χ1n) is 15.1. The van der Waals surface area contributed by atoms with Gasteiger partial charge in [0, 0.05) is 52.5 Å². The van der Waals surface area contributed by atoms with Gasteiger partial charge in [0.25, 0.3) is 5.52 Å². The fourth-order valence-corrected chi connectivity index (χ4v) is 9.60. The zero-order chi connectivity index (χ0) is 34.9. The number of ether oxygens (including phenoxy) is 1. The van der Waals surface area contributed by atoms with Crippen LogP contribution >= 0.6 is 22.7 Å². The minimum absolute atomic E-state index is 0. The van der Waals surface area contributed by atoms with Crippen molar-refractivity contribution in [2.45, 2.75) is 19.2 Å². The fourth-order valence-electron chi connectivity index (χ4n) is 6.17. The third kappa shape index (κ3) is 6.39. The Bertz CT molecular complexity index is 2980. The van der Waals surface area contributed by atoms with E-state index in [1.165, 1.54) is 33.3 Å². The monoisotopic (exact) mass is 762 g/mol. The standard InChI is InChI=1S/C36H24N2O8S4.Na/c1-3-9-36(50(42,43)44)38-27-19-33-25(23-11-6-8-13-31(23)48-33)17-29(27)46-35(38)15-21(4-2)14-34-37(20-49(39,40)41)26-18-32-24(16-28(26)45-34)22-10-5-7-12-30(22)47-32;/h5-8,10-19H,1,4,20H2,2H3,(H-,39,40,41,42,43,44);/q;+1/p-1. The van der Waals surface area contributed by atoms with E-state index in [9.17, 15) is 25.9 Å². The number of allylic oxidation sites excluding steroid dienone is 2. The first kappa shape index (κ1) is 35.4. The average molecular weight is 763 g/mol. The van der Waals surface area contributed by atoms with E-state index >= 15 is 0 Å². The Kier molecular flexibility index (Phi) is 9.16. The molecule has 51 heavy (non-hydrogen) atoms. The Morgan fingerprint density at radius 1 is 0.902 bits per heavy atom. The number of oxazole rings is 1. The zero-order valence-corrected chi connectivity index (χ0v) is 32.3. The largest absolute Gasteiger partial charge is 1.00 e. The molecule has 15 heteroatoms. The number of thiophene rings is 2. The molecule has 0 fully saturated rings. The summed E-state index contributed by atoms with van der Waals surface area (Å²) in [7, 11) is -9.88. The Balaban J connectivity index is 0.00000406. The van der Waals surface area contributed by atoms with Crippen molar-refractivity contribution in [3.05, 3.63) is 119 Å². The molecule has 4 heterocycles. The van der Waals surface area contributed by atoms with E-state index in [-0.39, 0.29) is 41.3 Å². The Labute approximate surface area is 322 Å². The molecule has 0 N–H and O–H groups in total. The van der Waals surface area contributed by atoms with Crippen LogP contribution in [-0.2, 0) is 26.1 Å². The second-order valence-corrected chi connectivity index (χ2v) is 16.3. The maximum absolute atomic E-state index is 12.6. The summed E-state index contributed by atoms with van der Waals surface area (Å²) in [5.41, 5.74) is 6.21. The van der Waals surface area contributed by atoms with Gasteiger partial charge in [-0.1, -0.05) is 49.1 Å². The Morgan fingerprint density at radius 3 is 2.14 bits per heavy atom. The number of hydrogen-bond donors (Lipinski definition) is 0. The summed E-state index contributed by atoms with van der Waals surface area (Å²) in [6.07, 6.45) is 3.41. The number of hydrogen-bond acceptors (Lipinski definition) is 11. The quantitative estimate of drug-likeness (QED) is 0.0967. The maximum Gasteiger partial charge on any atom is 1.00 e. The van der Waals surface area contributed by atoms with Crippen LogP contribution in [0.25, 0.3) is 57.5 Å². The Morgan fingerprint density at radius 2 is 1.53 bits per heavy atom. The normalized spacial score (nSPS) is 14.3. The molecule has 7 aromatic rings. The van der Waals surface area contributed by atoms with Crippen molar-refractivity contribution >= 4 is 106 Å². The molecule has 0 aliphatic carbocycles. The summed E-state index contributed by atoms with van der Waals surface area (Å²) >= 11 is 3.04. The predicted molar refractivity (Wildman–Crippen MR) is 194 cm³/mol. The van der Waals surface area contributed by atoms with Gasteiger partial charge in [-0.2, -0.15) is 0 Å². The van der Waals surface area contributed by atoms with Crippen LogP contribution in [0.3, 0.4) is 0 Å².